The zero-order chi connectivity index (χ0) is 20.1. The minimum Gasteiger partial charge on any atom is -0.456 e. The van der Waals surface area contributed by atoms with Crippen LogP contribution in [0.2, 0.25) is 5.02 Å². The van der Waals surface area contributed by atoms with Crippen LogP contribution >= 0.6 is 11.6 Å². The SMILES string of the molecule is O=C(COC(=O)CCN1C(=O)NC2(CCCCC2)C1=O)Nc1ccccc1Cl. The lowest BCUT2D eigenvalue weighted by molar-refractivity contribution is -0.147. The van der Waals surface area contributed by atoms with Crippen LogP contribution in [0.5, 0.6) is 0 Å². The number of esters is 1. The van der Waals surface area contributed by atoms with Gasteiger partial charge in [-0.1, -0.05) is 43.0 Å². The molecule has 0 aromatic heterocycles. The first-order chi connectivity index (χ1) is 13.4. The number of nitrogens with one attached hydrogen (secondary N) is 2. The van der Waals surface area contributed by atoms with Crippen molar-refractivity contribution in [3.8, 4) is 0 Å². The highest BCUT2D eigenvalue weighted by Crippen LogP contribution is 2.33. The maximum Gasteiger partial charge on any atom is 0.325 e. The summed E-state index contributed by atoms with van der Waals surface area (Å²) in [6.07, 6.45) is 3.91. The fourth-order valence-corrected chi connectivity index (χ4v) is 3.73. The summed E-state index contributed by atoms with van der Waals surface area (Å²) in [5.41, 5.74) is -0.393. The number of urea groups is 1. The highest BCUT2D eigenvalue weighted by Gasteiger charge is 2.51. The molecule has 2 N–H and O–H groups in total. The maximum atomic E-state index is 12.6. The molecule has 1 aliphatic carbocycles. The normalized spacial score (nSPS) is 18.1. The molecule has 9 heteroatoms. The third-order valence-corrected chi connectivity index (χ3v) is 5.33. The highest BCUT2D eigenvalue weighted by atomic mass is 35.5. The van der Waals surface area contributed by atoms with Crippen molar-refractivity contribution < 1.29 is 23.9 Å². The van der Waals surface area contributed by atoms with Crippen molar-refractivity contribution in [1.29, 1.82) is 0 Å². The number of para-hydroxylation sites is 1. The van der Waals surface area contributed by atoms with E-state index in [1.165, 1.54) is 0 Å². The summed E-state index contributed by atoms with van der Waals surface area (Å²) in [5, 5.41) is 5.70. The van der Waals surface area contributed by atoms with E-state index in [9.17, 15) is 19.2 Å². The van der Waals surface area contributed by atoms with Crippen LogP contribution in [-0.2, 0) is 19.1 Å². The lowest BCUT2D eigenvalue weighted by Crippen LogP contribution is -2.48. The standard InChI is InChI=1S/C19H22ClN3O5/c20-13-6-2-3-7-14(13)21-15(24)12-28-16(25)8-11-23-17(26)19(22-18(23)27)9-4-1-5-10-19/h2-3,6-7H,1,4-5,8-12H2,(H,21,24)(H,22,27). The number of amides is 4. The summed E-state index contributed by atoms with van der Waals surface area (Å²) in [6, 6.07) is 6.22. The Hall–Kier alpha value is -2.61. The van der Waals surface area contributed by atoms with Crippen LogP contribution in [0.3, 0.4) is 0 Å². The average Bonchev–Trinajstić information content (AvgIpc) is 2.90. The Balaban J connectivity index is 1.44. The van der Waals surface area contributed by atoms with Gasteiger partial charge in [-0.05, 0) is 25.0 Å². The predicted molar refractivity (Wildman–Crippen MR) is 102 cm³/mol. The van der Waals surface area contributed by atoms with E-state index in [2.05, 4.69) is 10.6 Å². The van der Waals surface area contributed by atoms with E-state index in [0.717, 1.165) is 24.2 Å². The Bertz CT molecular complexity index is 792. The van der Waals surface area contributed by atoms with E-state index in [4.69, 9.17) is 16.3 Å². The van der Waals surface area contributed by atoms with Gasteiger partial charge in [0.25, 0.3) is 11.8 Å². The van der Waals surface area contributed by atoms with Crippen molar-refractivity contribution >= 4 is 41.1 Å². The third kappa shape index (κ3) is 4.44. The molecule has 2 fully saturated rings. The molecule has 1 spiro atoms. The van der Waals surface area contributed by atoms with Gasteiger partial charge in [0, 0.05) is 6.54 Å². The number of carbonyl (C=O) groups excluding carboxylic acids is 4. The summed E-state index contributed by atoms with van der Waals surface area (Å²) in [5.74, 6) is -1.47. The first-order valence-electron chi connectivity index (χ1n) is 9.25. The molecular weight excluding hydrogens is 386 g/mol. The van der Waals surface area contributed by atoms with Crippen molar-refractivity contribution in [1.82, 2.24) is 10.2 Å². The molecule has 1 heterocycles. The number of rotatable bonds is 6. The van der Waals surface area contributed by atoms with Gasteiger partial charge >= 0.3 is 12.0 Å². The van der Waals surface area contributed by atoms with Gasteiger partial charge in [-0.2, -0.15) is 0 Å². The molecule has 0 atom stereocenters. The number of benzene rings is 1. The second-order valence-electron chi connectivity index (χ2n) is 6.97. The van der Waals surface area contributed by atoms with Crippen molar-refractivity contribution in [2.75, 3.05) is 18.5 Å². The number of halogens is 1. The molecule has 8 nitrogen and oxygen atoms in total. The molecule has 0 unspecified atom stereocenters. The van der Waals surface area contributed by atoms with Gasteiger partial charge < -0.3 is 15.4 Å². The largest absolute Gasteiger partial charge is 0.456 e. The van der Waals surface area contributed by atoms with Crippen LogP contribution < -0.4 is 10.6 Å². The molecule has 3 rings (SSSR count). The van der Waals surface area contributed by atoms with E-state index in [1.54, 1.807) is 24.3 Å². The number of hydrogen-bond donors (Lipinski definition) is 2. The lowest BCUT2D eigenvalue weighted by Gasteiger charge is -2.30. The number of imide groups is 1. The lowest BCUT2D eigenvalue weighted by atomic mass is 9.82. The molecule has 1 saturated carbocycles. The van der Waals surface area contributed by atoms with E-state index in [-0.39, 0.29) is 18.9 Å². The quantitative estimate of drug-likeness (QED) is 0.556. The van der Waals surface area contributed by atoms with Gasteiger partial charge in [0.1, 0.15) is 5.54 Å². The summed E-state index contributed by atoms with van der Waals surface area (Å²) in [7, 11) is 0. The highest BCUT2D eigenvalue weighted by molar-refractivity contribution is 6.33. The zero-order valence-corrected chi connectivity index (χ0v) is 16.1. The molecular formula is C19H22ClN3O5. The summed E-state index contributed by atoms with van der Waals surface area (Å²) in [4.78, 5) is 49.6. The van der Waals surface area contributed by atoms with Gasteiger partial charge in [-0.15, -0.1) is 0 Å². The van der Waals surface area contributed by atoms with E-state index in [0.29, 0.717) is 23.6 Å². The molecule has 1 aliphatic heterocycles. The van der Waals surface area contributed by atoms with Crippen molar-refractivity contribution in [2.24, 2.45) is 0 Å². The Kier molecular flexibility index (Phi) is 6.18. The molecule has 28 heavy (non-hydrogen) atoms. The number of hydrogen-bond acceptors (Lipinski definition) is 5. The first kappa shape index (κ1) is 20.1. The smallest absolute Gasteiger partial charge is 0.325 e. The minimum absolute atomic E-state index is 0.0720. The van der Waals surface area contributed by atoms with Crippen molar-refractivity contribution in [2.45, 2.75) is 44.1 Å². The van der Waals surface area contributed by atoms with Crippen LogP contribution in [0.1, 0.15) is 38.5 Å². The van der Waals surface area contributed by atoms with Crippen LogP contribution in [0, 0.1) is 0 Å². The van der Waals surface area contributed by atoms with Gasteiger partial charge in [0.15, 0.2) is 6.61 Å². The van der Waals surface area contributed by atoms with Crippen molar-refractivity contribution in [3.63, 3.8) is 0 Å². The van der Waals surface area contributed by atoms with Crippen LogP contribution in [0.25, 0.3) is 0 Å². The second-order valence-corrected chi connectivity index (χ2v) is 7.38. The second kappa shape index (κ2) is 8.60. The topological polar surface area (TPSA) is 105 Å². The van der Waals surface area contributed by atoms with Crippen LogP contribution in [0.15, 0.2) is 24.3 Å². The van der Waals surface area contributed by atoms with Crippen molar-refractivity contribution in [3.05, 3.63) is 29.3 Å². The fraction of sp³-hybridized carbons (Fsp3) is 0.474. The number of anilines is 1. The van der Waals surface area contributed by atoms with Gasteiger partial charge in [0.05, 0.1) is 17.1 Å². The molecule has 2 aliphatic rings. The third-order valence-electron chi connectivity index (χ3n) is 5.00. The monoisotopic (exact) mass is 407 g/mol. The Morgan fingerprint density at radius 1 is 1.18 bits per heavy atom. The average molecular weight is 408 g/mol. The van der Waals surface area contributed by atoms with E-state index in [1.807, 2.05) is 0 Å². The van der Waals surface area contributed by atoms with E-state index >= 15 is 0 Å². The number of ether oxygens (including phenoxy) is 1. The summed E-state index contributed by atoms with van der Waals surface area (Å²) >= 11 is 5.94. The number of carbonyl (C=O) groups is 4. The summed E-state index contributed by atoms with van der Waals surface area (Å²) < 4.78 is 4.92. The molecule has 1 saturated heterocycles. The summed E-state index contributed by atoms with van der Waals surface area (Å²) in [6.45, 7) is -0.550. The van der Waals surface area contributed by atoms with Crippen LogP contribution in [-0.4, -0.2) is 47.4 Å². The minimum atomic E-state index is -0.811. The zero-order valence-electron chi connectivity index (χ0n) is 15.3. The molecule has 0 radical (unpaired) electrons. The Morgan fingerprint density at radius 3 is 2.61 bits per heavy atom. The molecule has 1 aromatic rings. The van der Waals surface area contributed by atoms with Crippen LogP contribution in [0.4, 0.5) is 10.5 Å². The first-order valence-corrected chi connectivity index (χ1v) is 9.63. The molecule has 0 bridgehead atoms. The van der Waals surface area contributed by atoms with E-state index < -0.39 is 30.1 Å². The number of nitrogens with zero attached hydrogens (tertiary/aromatic N) is 1. The van der Waals surface area contributed by atoms with Gasteiger partial charge in [0.2, 0.25) is 0 Å². The Morgan fingerprint density at radius 2 is 1.89 bits per heavy atom. The Labute approximate surface area is 167 Å². The predicted octanol–water partition coefficient (Wildman–Crippen LogP) is 2.47. The van der Waals surface area contributed by atoms with Gasteiger partial charge in [-0.3, -0.25) is 19.3 Å². The molecule has 150 valence electrons. The fourth-order valence-electron chi connectivity index (χ4n) is 3.54. The molecule has 4 amide bonds. The van der Waals surface area contributed by atoms with Gasteiger partial charge in [-0.25, -0.2) is 4.79 Å². The molecule has 1 aromatic carbocycles. The maximum absolute atomic E-state index is 12.6.